The first-order valence-corrected chi connectivity index (χ1v) is 8.55. The normalized spacial score (nSPS) is 35.5. The molecule has 4 nitrogen and oxygen atoms in total. The third kappa shape index (κ3) is 3.01. The van der Waals surface area contributed by atoms with Crippen LogP contribution in [0.1, 0.15) is 25.7 Å². The molecule has 0 aromatic carbocycles. The Morgan fingerprint density at radius 2 is 2.06 bits per heavy atom. The SMILES string of the molecule is CNCC1CCN(C2CCCC2S(C)(=O)=O)C1. The molecule has 0 bridgehead atoms. The van der Waals surface area contributed by atoms with Gasteiger partial charge in [-0.1, -0.05) is 6.42 Å². The molecular formula is C12H24N2O2S. The maximum absolute atomic E-state index is 11.8. The van der Waals surface area contributed by atoms with Crippen LogP contribution in [0.15, 0.2) is 0 Å². The van der Waals surface area contributed by atoms with Crippen molar-refractivity contribution in [3.63, 3.8) is 0 Å². The Labute approximate surface area is 105 Å². The van der Waals surface area contributed by atoms with E-state index in [1.807, 2.05) is 7.05 Å². The smallest absolute Gasteiger partial charge is 0.151 e. The highest BCUT2D eigenvalue weighted by Crippen LogP contribution is 2.32. The summed E-state index contributed by atoms with van der Waals surface area (Å²) in [6.45, 7) is 3.19. The van der Waals surface area contributed by atoms with Crippen LogP contribution in [0.25, 0.3) is 0 Å². The van der Waals surface area contributed by atoms with E-state index in [-0.39, 0.29) is 11.3 Å². The molecule has 5 heteroatoms. The lowest BCUT2D eigenvalue weighted by atomic mass is 10.1. The zero-order valence-corrected chi connectivity index (χ0v) is 11.7. The minimum atomic E-state index is -2.88. The van der Waals surface area contributed by atoms with Crippen molar-refractivity contribution in [2.45, 2.75) is 37.0 Å². The van der Waals surface area contributed by atoms with Gasteiger partial charge in [0.25, 0.3) is 0 Å². The average molecular weight is 260 g/mol. The van der Waals surface area contributed by atoms with Gasteiger partial charge in [-0.3, -0.25) is 4.90 Å². The number of sulfone groups is 1. The quantitative estimate of drug-likeness (QED) is 0.799. The number of nitrogens with one attached hydrogen (secondary N) is 1. The van der Waals surface area contributed by atoms with E-state index in [1.54, 1.807) is 0 Å². The van der Waals surface area contributed by atoms with Gasteiger partial charge in [0, 0.05) is 18.8 Å². The molecule has 0 aromatic rings. The van der Waals surface area contributed by atoms with E-state index in [2.05, 4.69) is 10.2 Å². The lowest BCUT2D eigenvalue weighted by Gasteiger charge is -2.28. The number of likely N-dealkylation sites (tertiary alicyclic amines) is 1. The van der Waals surface area contributed by atoms with Crippen LogP contribution in [-0.2, 0) is 9.84 Å². The van der Waals surface area contributed by atoms with Gasteiger partial charge in [-0.25, -0.2) is 8.42 Å². The molecule has 1 N–H and O–H groups in total. The van der Waals surface area contributed by atoms with E-state index in [1.165, 1.54) is 12.7 Å². The predicted molar refractivity (Wildman–Crippen MR) is 69.9 cm³/mol. The second-order valence-electron chi connectivity index (χ2n) is 5.57. The van der Waals surface area contributed by atoms with Crippen molar-refractivity contribution in [1.82, 2.24) is 10.2 Å². The molecule has 2 aliphatic rings. The largest absolute Gasteiger partial charge is 0.319 e. The molecule has 2 fully saturated rings. The van der Waals surface area contributed by atoms with Crippen molar-refractivity contribution in [2.24, 2.45) is 5.92 Å². The monoisotopic (exact) mass is 260 g/mol. The van der Waals surface area contributed by atoms with Crippen molar-refractivity contribution >= 4 is 9.84 Å². The molecule has 3 unspecified atom stereocenters. The molecule has 1 aliphatic carbocycles. The van der Waals surface area contributed by atoms with Crippen molar-refractivity contribution in [3.05, 3.63) is 0 Å². The number of rotatable bonds is 4. The maximum atomic E-state index is 11.8. The molecule has 0 radical (unpaired) electrons. The molecular weight excluding hydrogens is 236 g/mol. The lowest BCUT2D eigenvalue weighted by molar-refractivity contribution is 0.238. The number of nitrogens with zero attached hydrogens (tertiary/aromatic N) is 1. The Kier molecular flexibility index (Phi) is 4.10. The molecule has 1 heterocycles. The van der Waals surface area contributed by atoms with E-state index in [0.717, 1.165) is 38.9 Å². The predicted octanol–water partition coefficient (Wildman–Crippen LogP) is 0.493. The van der Waals surface area contributed by atoms with Gasteiger partial charge in [-0.15, -0.1) is 0 Å². The standard InChI is InChI=1S/C12H24N2O2S/c1-13-8-10-6-7-14(9-10)11-4-3-5-12(11)17(2,15)16/h10-13H,3-9H2,1-2H3. The molecule has 3 atom stereocenters. The fourth-order valence-corrected chi connectivity index (χ4v) is 4.92. The highest BCUT2D eigenvalue weighted by Gasteiger charge is 2.40. The first-order chi connectivity index (χ1) is 8.02. The van der Waals surface area contributed by atoms with Crippen LogP contribution in [-0.4, -0.2) is 57.5 Å². The van der Waals surface area contributed by atoms with Gasteiger partial charge in [-0.2, -0.15) is 0 Å². The Hall–Kier alpha value is -0.130. The third-order valence-corrected chi connectivity index (χ3v) is 5.90. The highest BCUT2D eigenvalue weighted by atomic mass is 32.2. The van der Waals surface area contributed by atoms with Gasteiger partial charge < -0.3 is 5.32 Å². The van der Waals surface area contributed by atoms with Crippen molar-refractivity contribution in [2.75, 3.05) is 32.9 Å². The summed E-state index contributed by atoms with van der Waals surface area (Å²) >= 11 is 0. The summed E-state index contributed by atoms with van der Waals surface area (Å²) in [4.78, 5) is 2.42. The van der Waals surface area contributed by atoms with E-state index >= 15 is 0 Å². The van der Waals surface area contributed by atoms with Crippen molar-refractivity contribution in [3.8, 4) is 0 Å². The fraction of sp³-hybridized carbons (Fsp3) is 1.00. The van der Waals surface area contributed by atoms with Crippen molar-refractivity contribution in [1.29, 1.82) is 0 Å². The number of hydrogen-bond acceptors (Lipinski definition) is 4. The van der Waals surface area contributed by atoms with Crippen LogP contribution in [0.5, 0.6) is 0 Å². The highest BCUT2D eigenvalue weighted by molar-refractivity contribution is 7.91. The summed E-state index contributed by atoms with van der Waals surface area (Å²) in [5, 5.41) is 3.10. The van der Waals surface area contributed by atoms with Gasteiger partial charge in [0.15, 0.2) is 9.84 Å². The summed E-state index contributed by atoms with van der Waals surface area (Å²) in [5.41, 5.74) is 0. The Morgan fingerprint density at radius 3 is 2.71 bits per heavy atom. The average Bonchev–Trinajstić information content (AvgIpc) is 2.82. The zero-order chi connectivity index (χ0) is 12.5. The van der Waals surface area contributed by atoms with E-state index < -0.39 is 9.84 Å². The van der Waals surface area contributed by atoms with Gasteiger partial charge >= 0.3 is 0 Å². The first kappa shape index (κ1) is 13.3. The minimum Gasteiger partial charge on any atom is -0.319 e. The summed E-state index contributed by atoms with van der Waals surface area (Å²) in [6.07, 6.45) is 5.58. The van der Waals surface area contributed by atoms with Gasteiger partial charge in [0.05, 0.1) is 5.25 Å². The molecule has 2 rings (SSSR count). The topological polar surface area (TPSA) is 49.4 Å². The van der Waals surface area contributed by atoms with Gasteiger partial charge in [0.1, 0.15) is 0 Å². The minimum absolute atomic E-state index is 0.115. The van der Waals surface area contributed by atoms with Gasteiger partial charge in [0.2, 0.25) is 0 Å². The molecule has 1 saturated heterocycles. The third-order valence-electron chi connectivity index (χ3n) is 4.25. The second-order valence-corrected chi connectivity index (χ2v) is 7.84. The second kappa shape index (κ2) is 5.24. The summed E-state index contributed by atoms with van der Waals surface area (Å²) in [5.74, 6) is 0.695. The molecule has 100 valence electrons. The number of hydrogen-bond donors (Lipinski definition) is 1. The van der Waals surface area contributed by atoms with E-state index in [4.69, 9.17) is 0 Å². The fourth-order valence-electron chi connectivity index (χ4n) is 3.44. The van der Waals surface area contributed by atoms with Crippen LogP contribution in [0.4, 0.5) is 0 Å². The van der Waals surface area contributed by atoms with Crippen LogP contribution in [0, 0.1) is 5.92 Å². The molecule has 17 heavy (non-hydrogen) atoms. The lowest BCUT2D eigenvalue weighted by Crippen LogP contribution is -2.42. The maximum Gasteiger partial charge on any atom is 0.151 e. The summed E-state index contributed by atoms with van der Waals surface area (Å²) in [6, 6.07) is 0.284. The first-order valence-electron chi connectivity index (χ1n) is 6.60. The summed E-state index contributed by atoms with van der Waals surface area (Å²) in [7, 11) is -0.893. The Morgan fingerprint density at radius 1 is 1.29 bits per heavy atom. The molecule has 1 saturated carbocycles. The zero-order valence-electron chi connectivity index (χ0n) is 10.9. The molecule has 0 spiro atoms. The van der Waals surface area contributed by atoms with Crippen molar-refractivity contribution < 1.29 is 8.42 Å². The van der Waals surface area contributed by atoms with E-state index in [9.17, 15) is 8.42 Å². The van der Waals surface area contributed by atoms with Gasteiger partial charge in [-0.05, 0) is 45.3 Å². The van der Waals surface area contributed by atoms with Crippen LogP contribution < -0.4 is 5.32 Å². The van der Waals surface area contributed by atoms with E-state index in [0.29, 0.717) is 5.92 Å². The van der Waals surface area contributed by atoms with Crippen LogP contribution >= 0.6 is 0 Å². The Balaban J connectivity index is 1.99. The summed E-state index contributed by atoms with van der Waals surface area (Å²) < 4.78 is 23.5. The van der Waals surface area contributed by atoms with Crippen LogP contribution in [0.3, 0.4) is 0 Å². The molecule has 0 aromatic heterocycles. The molecule has 1 aliphatic heterocycles. The Bertz CT molecular complexity index is 356. The van der Waals surface area contributed by atoms with Crippen LogP contribution in [0.2, 0.25) is 0 Å². The molecule has 0 amide bonds.